The van der Waals surface area contributed by atoms with Gasteiger partial charge in [0.2, 0.25) is 0 Å². The lowest BCUT2D eigenvalue weighted by molar-refractivity contribution is 0.282. The maximum atomic E-state index is 5.98. The van der Waals surface area contributed by atoms with Gasteiger partial charge in [-0.1, -0.05) is 29.8 Å². The molecule has 0 amide bonds. The van der Waals surface area contributed by atoms with E-state index in [0.29, 0.717) is 18.0 Å². The summed E-state index contributed by atoms with van der Waals surface area (Å²) >= 11 is 5.98. The van der Waals surface area contributed by atoms with E-state index in [4.69, 9.17) is 11.6 Å². The molecule has 1 fully saturated rings. The van der Waals surface area contributed by atoms with Gasteiger partial charge in [-0.2, -0.15) is 0 Å². The summed E-state index contributed by atoms with van der Waals surface area (Å²) in [6.45, 7) is 5.92. The van der Waals surface area contributed by atoms with E-state index >= 15 is 0 Å². The molecule has 86 valence electrons. The quantitative estimate of drug-likeness (QED) is 0.784. The molecule has 0 aliphatic heterocycles. The third kappa shape index (κ3) is 2.66. The normalized spacial score (nSPS) is 25.9. The van der Waals surface area contributed by atoms with Crippen LogP contribution in [-0.4, -0.2) is 12.1 Å². The Morgan fingerprint density at radius 2 is 2.25 bits per heavy atom. The fourth-order valence-corrected chi connectivity index (χ4v) is 2.43. The van der Waals surface area contributed by atoms with Gasteiger partial charge in [0.05, 0.1) is 0 Å². The molecule has 0 saturated heterocycles. The lowest BCUT2D eigenvalue weighted by atomic mass is 9.75. The van der Waals surface area contributed by atoms with Crippen molar-refractivity contribution in [2.45, 2.75) is 37.8 Å². The summed E-state index contributed by atoms with van der Waals surface area (Å²) < 4.78 is 0. The molecule has 1 saturated carbocycles. The average Bonchev–Trinajstić information content (AvgIpc) is 2.22. The van der Waals surface area contributed by atoms with Crippen LogP contribution in [0.1, 0.15) is 31.2 Å². The van der Waals surface area contributed by atoms with E-state index in [1.165, 1.54) is 18.4 Å². The van der Waals surface area contributed by atoms with Gasteiger partial charge in [0.15, 0.2) is 0 Å². The van der Waals surface area contributed by atoms with Crippen molar-refractivity contribution in [3.05, 3.63) is 47.5 Å². The summed E-state index contributed by atoms with van der Waals surface area (Å²) in [6.07, 6.45) is 4.36. The highest BCUT2D eigenvalue weighted by atomic mass is 35.5. The molecule has 1 aliphatic carbocycles. The Labute approximate surface area is 103 Å². The van der Waals surface area contributed by atoms with Crippen LogP contribution in [0.5, 0.6) is 0 Å². The van der Waals surface area contributed by atoms with Gasteiger partial charge in [0, 0.05) is 17.1 Å². The maximum absolute atomic E-state index is 5.98. The standard InChI is InChI=1S/C14H18ClN/c1-3-10(2)16-14-8-12(9-14)11-5-4-6-13(15)7-11/h3-7,10,12,14,16H,1,8-9H2,2H3. The molecule has 0 aromatic heterocycles. The Kier molecular flexibility index (Phi) is 3.67. The summed E-state index contributed by atoms with van der Waals surface area (Å²) in [5.41, 5.74) is 1.37. The Hall–Kier alpha value is -0.790. The maximum Gasteiger partial charge on any atom is 0.0408 e. The number of nitrogens with one attached hydrogen (secondary N) is 1. The molecule has 1 unspecified atom stereocenters. The molecule has 2 heteroatoms. The van der Waals surface area contributed by atoms with Crippen LogP contribution in [0.2, 0.25) is 5.02 Å². The fraction of sp³-hybridized carbons (Fsp3) is 0.429. The molecule has 1 aromatic rings. The van der Waals surface area contributed by atoms with Gasteiger partial charge in [-0.05, 0) is 43.4 Å². The predicted octanol–water partition coefficient (Wildman–Crippen LogP) is 3.75. The first kappa shape index (κ1) is 11.7. The van der Waals surface area contributed by atoms with E-state index in [2.05, 4.69) is 31.0 Å². The Morgan fingerprint density at radius 1 is 1.50 bits per heavy atom. The van der Waals surface area contributed by atoms with Gasteiger partial charge < -0.3 is 5.32 Å². The van der Waals surface area contributed by atoms with Gasteiger partial charge in [-0.25, -0.2) is 0 Å². The third-order valence-corrected chi connectivity index (χ3v) is 3.55. The Balaban J connectivity index is 1.86. The topological polar surface area (TPSA) is 12.0 Å². The van der Waals surface area contributed by atoms with Crippen LogP contribution in [0, 0.1) is 0 Å². The smallest absolute Gasteiger partial charge is 0.0408 e. The second-order valence-corrected chi connectivity index (χ2v) is 5.05. The Bertz CT molecular complexity index is 369. The molecule has 16 heavy (non-hydrogen) atoms. The van der Waals surface area contributed by atoms with Crippen LogP contribution in [0.3, 0.4) is 0 Å². The molecule has 1 aromatic carbocycles. The number of rotatable bonds is 4. The number of benzene rings is 1. The molecular weight excluding hydrogens is 218 g/mol. The first-order valence-corrected chi connectivity index (χ1v) is 6.21. The summed E-state index contributed by atoms with van der Waals surface area (Å²) in [5.74, 6) is 0.674. The van der Waals surface area contributed by atoms with Crippen LogP contribution in [0.4, 0.5) is 0 Å². The summed E-state index contributed by atoms with van der Waals surface area (Å²) in [4.78, 5) is 0. The molecule has 0 radical (unpaired) electrons. The highest BCUT2D eigenvalue weighted by Crippen LogP contribution is 2.37. The summed E-state index contributed by atoms with van der Waals surface area (Å²) in [7, 11) is 0. The van der Waals surface area contributed by atoms with E-state index in [0.717, 1.165) is 5.02 Å². The lowest BCUT2D eigenvalue weighted by Crippen LogP contribution is -2.43. The highest BCUT2D eigenvalue weighted by Gasteiger charge is 2.30. The van der Waals surface area contributed by atoms with Crippen LogP contribution < -0.4 is 5.32 Å². The third-order valence-electron chi connectivity index (χ3n) is 3.31. The van der Waals surface area contributed by atoms with E-state index < -0.39 is 0 Å². The largest absolute Gasteiger partial charge is 0.308 e. The van der Waals surface area contributed by atoms with E-state index in [1.54, 1.807) is 0 Å². The molecule has 1 nitrogen and oxygen atoms in total. The van der Waals surface area contributed by atoms with E-state index in [9.17, 15) is 0 Å². The molecule has 2 rings (SSSR count). The van der Waals surface area contributed by atoms with E-state index in [1.807, 2.05) is 18.2 Å². The van der Waals surface area contributed by atoms with Gasteiger partial charge in [0.1, 0.15) is 0 Å². The second-order valence-electron chi connectivity index (χ2n) is 4.61. The summed E-state index contributed by atoms with van der Waals surface area (Å²) in [5, 5.41) is 4.37. The average molecular weight is 236 g/mol. The van der Waals surface area contributed by atoms with Crippen LogP contribution in [-0.2, 0) is 0 Å². The van der Waals surface area contributed by atoms with Crippen molar-refractivity contribution in [3.63, 3.8) is 0 Å². The van der Waals surface area contributed by atoms with Crippen molar-refractivity contribution in [1.82, 2.24) is 5.32 Å². The zero-order chi connectivity index (χ0) is 11.5. The zero-order valence-electron chi connectivity index (χ0n) is 9.62. The zero-order valence-corrected chi connectivity index (χ0v) is 10.4. The SMILES string of the molecule is C=CC(C)NC1CC(c2cccc(Cl)c2)C1. The first-order chi connectivity index (χ1) is 7.69. The fourth-order valence-electron chi connectivity index (χ4n) is 2.23. The predicted molar refractivity (Wildman–Crippen MR) is 70.0 cm³/mol. The number of hydrogen-bond donors (Lipinski definition) is 1. The number of hydrogen-bond acceptors (Lipinski definition) is 1. The van der Waals surface area contributed by atoms with Crippen molar-refractivity contribution >= 4 is 11.6 Å². The molecule has 0 spiro atoms. The van der Waals surface area contributed by atoms with Gasteiger partial charge >= 0.3 is 0 Å². The molecular formula is C14H18ClN. The van der Waals surface area contributed by atoms with Crippen molar-refractivity contribution in [2.75, 3.05) is 0 Å². The van der Waals surface area contributed by atoms with Gasteiger partial charge in [-0.15, -0.1) is 6.58 Å². The van der Waals surface area contributed by atoms with Crippen molar-refractivity contribution in [2.24, 2.45) is 0 Å². The Morgan fingerprint density at radius 3 is 2.88 bits per heavy atom. The van der Waals surface area contributed by atoms with Crippen molar-refractivity contribution < 1.29 is 0 Å². The van der Waals surface area contributed by atoms with Crippen LogP contribution in [0.15, 0.2) is 36.9 Å². The highest BCUT2D eigenvalue weighted by molar-refractivity contribution is 6.30. The van der Waals surface area contributed by atoms with Crippen LogP contribution >= 0.6 is 11.6 Å². The van der Waals surface area contributed by atoms with E-state index in [-0.39, 0.29) is 0 Å². The lowest BCUT2D eigenvalue weighted by Gasteiger charge is -2.37. The van der Waals surface area contributed by atoms with Gasteiger partial charge in [-0.3, -0.25) is 0 Å². The monoisotopic (exact) mass is 235 g/mol. The number of halogens is 1. The minimum atomic E-state index is 0.408. The van der Waals surface area contributed by atoms with Crippen molar-refractivity contribution in [3.8, 4) is 0 Å². The molecule has 1 aliphatic rings. The van der Waals surface area contributed by atoms with Crippen molar-refractivity contribution in [1.29, 1.82) is 0 Å². The van der Waals surface area contributed by atoms with Gasteiger partial charge in [0.25, 0.3) is 0 Å². The summed E-state index contributed by atoms with van der Waals surface area (Å²) in [6, 6.07) is 9.26. The molecule has 0 heterocycles. The molecule has 0 bridgehead atoms. The van der Waals surface area contributed by atoms with Crippen LogP contribution in [0.25, 0.3) is 0 Å². The molecule has 1 N–H and O–H groups in total. The second kappa shape index (κ2) is 5.03. The first-order valence-electron chi connectivity index (χ1n) is 5.83. The minimum absolute atomic E-state index is 0.408. The molecule has 1 atom stereocenters. The minimum Gasteiger partial charge on any atom is -0.308 e.